The minimum Gasteiger partial charge on any atom is -0.455 e. The van der Waals surface area contributed by atoms with Gasteiger partial charge >= 0.3 is 0 Å². The summed E-state index contributed by atoms with van der Waals surface area (Å²) in [4.78, 5) is 2.39. The molecule has 2 aliphatic rings. The molecule has 3 nitrogen and oxygen atoms in total. The molecular formula is C64H45NO2. The van der Waals surface area contributed by atoms with E-state index in [9.17, 15) is 0 Å². The van der Waals surface area contributed by atoms with Gasteiger partial charge in [0.05, 0.1) is 5.69 Å². The third kappa shape index (κ3) is 5.34. The van der Waals surface area contributed by atoms with Crippen molar-refractivity contribution in [1.29, 1.82) is 0 Å². The van der Waals surface area contributed by atoms with Gasteiger partial charge in [0.25, 0.3) is 0 Å². The van der Waals surface area contributed by atoms with Crippen molar-refractivity contribution in [1.82, 2.24) is 0 Å². The average molecular weight is 860 g/mol. The van der Waals surface area contributed by atoms with Gasteiger partial charge in [0, 0.05) is 54.9 Å². The lowest BCUT2D eigenvalue weighted by Gasteiger charge is -2.28. The van der Waals surface area contributed by atoms with E-state index in [-0.39, 0.29) is 10.8 Å². The highest BCUT2D eigenvalue weighted by Crippen LogP contribution is 2.54. The van der Waals surface area contributed by atoms with Gasteiger partial charge < -0.3 is 13.7 Å². The first-order chi connectivity index (χ1) is 32.7. The summed E-state index contributed by atoms with van der Waals surface area (Å²) in [6.07, 6.45) is 0. The summed E-state index contributed by atoms with van der Waals surface area (Å²) in [5.41, 5.74) is 21.4. The van der Waals surface area contributed by atoms with E-state index in [1.165, 1.54) is 55.3 Å². The SMILES string of the molecule is CC1(C)c2ccccc2-c2ccc(-c3c4ccccc4cc4c3oc3c(N(c5ccc(-c6cccc7c6oc6ccccc67)cc5)c5ccc6c(c5)C(C)(C)c5ccccc5-6)cccc34)cc21. The van der Waals surface area contributed by atoms with Crippen LogP contribution in [0, 0.1) is 0 Å². The third-order valence-electron chi connectivity index (χ3n) is 15.3. The van der Waals surface area contributed by atoms with E-state index in [1.807, 2.05) is 12.1 Å². The molecule has 14 rings (SSSR count). The lowest BCUT2D eigenvalue weighted by molar-refractivity contribution is 0.660. The standard InChI is InChI=1S/C64H45NO2/c1-63(2)53-23-10-7-17-45(53)47-33-29-40(36-55(47)63)59-43-16-6-5-15-39(43)35-52-51-22-14-25-57(61(51)67-62(52)59)65(42-32-34-48-46-18-8-11-24-54(46)64(3,4)56(48)37-42)41-30-27-38(28-31-41)44-20-13-21-50-49-19-9-12-26-58(49)66-60(44)50/h5-37H,1-4H3. The Bertz CT molecular complexity index is 4050. The molecule has 0 N–H and O–H groups in total. The van der Waals surface area contributed by atoms with Gasteiger partial charge in [-0.1, -0.05) is 179 Å². The van der Waals surface area contributed by atoms with Crippen LogP contribution in [0.2, 0.25) is 0 Å². The molecule has 12 aromatic rings. The van der Waals surface area contributed by atoms with Crippen molar-refractivity contribution in [3.8, 4) is 44.5 Å². The zero-order chi connectivity index (χ0) is 44.8. The molecule has 2 aromatic heterocycles. The van der Waals surface area contributed by atoms with Crippen molar-refractivity contribution < 1.29 is 8.83 Å². The van der Waals surface area contributed by atoms with Crippen LogP contribution in [0.15, 0.2) is 209 Å². The van der Waals surface area contributed by atoms with Crippen molar-refractivity contribution in [2.45, 2.75) is 38.5 Å². The van der Waals surface area contributed by atoms with Gasteiger partial charge in [0.15, 0.2) is 5.58 Å². The first-order valence-corrected chi connectivity index (χ1v) is 23.4. The first-order valence-electron chi connectivity index (χ1n) is 23.4. The van der Waals surface area contributed by atoms with Crippen LogP contribution in [-0.2, 0) is 10.8 Å². The van der Waals surface area contributed by atoms with Gasteiger partial charge in [-0.2, -0.15) is 0 Å². The van der Waals surface area contributed by atoms with Crippen LogP contribution in [0.5, 0.6) is 0 Å². The molecule has 10 aromatic carbocycles. The molecule has 318 valence electrons. The molecule has 2 heterocycles. The summed E-state index contributed by atoms with van der Waals surface area (Å²) in [6.45, 7) is 9.41. The average Bonchev–Trinajstić information content (AvgIpc) is 4.06. The molecule has 0 aliphatic heterocycles. The minimum absolute atomic E-state index is 0.132. The number of benzene rings is 10. The van der Waals surface area contributed by atoms with E-state index in [0.29, 0.717) is 0 Å². The molecule has 0 amide bonds. The van der Waals surface area contributed by atoms with Crippen molar-refractivity contribution >= 4 is 71.7 Å². The van der Waals surface area contributed by atoms with Gasteiger partial charge in [-0.25, -0.2) is 0 Å². The van der Waals surface area contributed by atoms with Gasteiger partial charge in [0.2, 0.25) is 0 Å². The van der Waals surface area contributed by atoms with E-state index >= 15 is 0 Å². The lowest BCUT2D eigenvalue weighted by Crippen LogP contribution is -2.16. The summed E-state index contributed by atoms with van der Waals surface area (Å²) in [5, 5.41) is 6.81. The Hall–Kier alpha value is -8.14. The summed E-state index contributed by atoms with van der Waals surface area (Å²) in [7, 11) is 0. The maximum atomic E-state index is 7.43. The normalized spacial score (nSPS) is 14.2. The fraction of sp³-hybridized carbons (Fsp3) is 0.0938. The van der Waals surface area contributed by atoms with Crippen molar-refractivity contribution in [2.24, 2.45) is 0 Å². The predicted octanol–water partition coefficient (Wildman–Crippen LogP) is 18.1. The van der Waals surface area contributed by atoms with Crippen LogP contribution in [0.3, 0.4) is 0 Å². The Kier molecular flexibility index (Phi) is 7.80. The second-order valence-corrected chi connectivity index (χ2v) is 19.6. The van der Waals surface area contributed by atoms with E-state index in [0.717, 1.165) is 83.2 Å². The van der Waals surface area contributed by atoms with Crippen LogP contribution in [0.4, 0.5) is 17.1 Å². The molecule has 67 heavy (non-hydrogen) atoms. The highest BCUT2D eigenvalue weighted by atomic mass is 16.3. The van der Waals surface area contributed by atoms with E-state index in [1.54, 1.807) is 0 Å². The predicted molar refractivity (Wildman–Crippen MR) is 279 cm³/mol. The fourth-order valence-corrected chi connectivity index (χ4v) is 11.9. The smallest absolute Gasteiger partial charge is 0.159 e. The second kappa shape index (κ2) is 13.7. The molecule has 0 radical (unpaired) electrons. The second-order valence-electron chi connectivity index (χ2n) is 19.6. The quantitative estimate of drug-likeness (QED) is 0.173. The zero-order valence-corrected chi connectivity index (χ0v) is 37.8. The number of fused-ring (bicyclic) bond motifs is 13. The Morgan fingerprint density at radius 1 is 0.343 bits per heavy atom. The number of rotatable bonds is 5. The van der Waals surface area contributed by atoms with Gasteiger partial charge in [0.1, 0.15) is 16.7 Å². The molecule has 0 atom stereocenters. The highest BCUT2D eigenvalue weighted by molar-refractivity contribution is 6.20. The number of anilines is 3. The summed E-state index contributed by atoms with van der Waals surface area (Å²) >= 11 is 0. The first kappa shape index (κ1) is 38.2. The van der Waals surface area contributed by atoms with Gasteiger partial charge in [-0.15, -0.1) is 0 Å². The zero-order valence-electron chi connectivity index (χ0n) is 37.8. The van der Waals surface area contributed by atoms with Gasteiger partial charge in [-0.3, -0.25) is 0 Å². The van der Waals surface area contributed by atoms with Gasteiger partial charge in [-0.05, 0) is 115 Å². The summed E-state index contributed by atoms with van der Waals surface area (Å²) < 4.78 is 13.9. The van der Waals surface area contributed by atoms with Crippen molar-refractivity contribution in [3.05, 3.63) is 222 Å². The van der Waals surface area contributed by atoms with E-state index < -0.39 is 0 Å². The van der Waals surface area contributed by atoms with Crippen LogP contribution < -0.4 is 4.90 Å². The number of hydrogen-bond donors (Lipinski definition) is 0. The lowest BCUT2D eigenvalue weighted by atomic mass is 9.81. The molecule has 0 fully saturated rings. The van der Waals surface area contributed by atoms with Crippen LogP contribution >= 0.6 is 0 Å². The monoisotopic (exact) mass is 859 g/mol. The van der Waals surface area contributed by atoms with Crippen molar-refractivity contribution in [3.63, 3.8) is 0 Å². The number of furan rings is 2. The van der Waals surface area contributed by atoms with E-state index in [4.69, 9.17) is 8.83 Å². The summed E-state index contributed by atoms with van der Waals surface area (Å²) in [6, 6.07) is 73.2. The van der Waals surface area contributed by atoms with E-state index in [2.05, 4.69) is 221 Å². The Balaban J connectivity index is 0.985. The van der Waals surface area contributed by atoms with Crippen molar-refractivity contribution in [2.75, 3.05) is 4.90 Å². The van der Waals surface area contributed by atoms with Crippen LogP contribution in [0.1, 0.15) is 49.9 Å². The topological polar surface area (TPSA) is 29.5 Å². The minimum atomic E-state index is -0.172. The maximum Gasteiger partial charge on any atom is 0.159 e. The number of hydrogen-bond acceptors (Lipinski definition) is 3. The molecule has 0 saturated heterocycles. The molecule has 0 spiro atoms. The molecule has 0 bridgehead atoms. The number of para-hydroxylation sites is 3. The number of nitrogens with zero attached hydrogens (tertiary/aromatic N) is 1. The Labute approximate surface area is 389 Å². The largest absolute Gasteiger partial charge is 0.455 e. The highest BCUT2D eigenvalue weighted by Gasteiger charge is 2.37. The molecular weight excluding hydrogens is 815 g/mol. The Morgan fingerprint density at radius 3 is 1.66 bits per heavy atom. The van der Waals surface area contributed by atoms with Crippen LogP contribution in [-0.4, -0.2) is 0 Å². The third-order valence-corrected chi connectivity index (χ3v) is 15.3. The molecule has 0 saturated carbocycles. The maximum absolute atomic E-state index is 7.43. The molecule has 0 unspecified atom stereocenters. The molecule has 2 aliphatic carbocycles. The van der Waals surface area contributed by atoms with Crippen LogP contribution in [0.25, 0.3) is 99.2 Å². The summed E-state index contributed by atoms with van der Waals surface area (Å²) in [5.74, 6) is 0. The Morgan fingerprint density at radius 2 is 0.896 bits per heavy atom. The molecule has 3 heteroatoms. The fourth-order valence-electron chi connectivity index (χ4n) is 11.9.